The molecule has 1 aromatic rings. The minimum atomic E-state index is -1.19. The average molecular weight is 345 g/mol. The lowest BCUT2D eigenvalue weighted by molar-refractivity contribution is -0.922. The highest BCUT2D eigenvalue weighted by Gasteiger charge is 2.28. The lowest BCUT2D eigenvalue weighted by Gasteiger charge is -2.31. The number of rotatable bonds is 5. The highest BCUT2D eigenvalue weighted by atomic mass is 35.5. The summed E-state index contributed by atoms with van der Waals surface area (Å²) in [5, 5.41) is 14.5. The maximum absolute atomic E-state index is 12.1. The van der Waals surface area contributed by atoms with Gasteiger partial charge in [0, 0.05) is 0 Å². The molecule has 0 spiro atoms. The Morgan fingerprint density at radius 3 is 2.55 bits per heavy atom. The first-order valence-corrected chi connectivity index (χ1v) is 8.04. The summed E-state index contributed by atoms with van der Waals surface area (Å²) in [4.78, 5) is 24.4. The van der Waals surface area contributed by atoms with Gasteiger partial charge in [0.2, 0.25) is 5.91 Å². The molecule has 0 aromatic heterocycles. The molecule has 1 heterocycles. The van der Waals surface area contributed by atoms with E-state index in [9.17, 15) is 14.7 Å². The monoisotopic (exact) mass is 344 g/mol. The number of likely N-dealkylation sites (tertiary alicyclic amines) is 1. The molecule has 0 radical (unpaired) electrons. The van der Waals surface area contributed by atoms with Crippen molar-refractivity contribution in [2.75, 3.05) is 18.4 Å². The molecular formula is C15H18Cl2N2O3. The Labute approximate surface area is 139 Å². The third-order valence-electron chi connectivity index (χ3n) is 3.89. The minimum Gasteiger partial charge on any atom is -0.544 e. The van der Waals surface area contributed by atoms with Crippen molar-refractivity contribution in [2.45, 2.75) is 31.7 Å². The summed E-state index contributed by atoms with van der Waals surface area (Å²) in [6, 6.07) is 4.06. The molecule has 1 aliphatic heterocycles. The van der Waals surface area contributed by atoms with Crippen molar-refractivity contribution >= 4 is 40.8 Å². The molecule has 1 aromatic carbocycles. The number of amides is 1. The van der Waals surface area contributed by atoms with E-state index >= 15 is 0 Å². The summed E-state index contributed by atoms with van der Waals surface area (Å²) in [5.41, 5.74) is 0.380. The summed E-state index contributed by atoms with van der Waals surface area (Å²) < 4.78 is 0. The predicted octanol–water partition coefficient (Wildman–Crippen LogP) is 0.509. The summed E-state index contributed by atoms with van der Waals surface area (Å²) in [6.07, 6.45) is 2.91. The van der Waals surface area contributed by atoms with Crippen molar-refractivity contribution < 1.29 is 19.6 Å². The highest BCUT2D eigenvalue weighted by Crippen LogP contribution is 2.29. The van der Waals surface area contributed by atoms with Crippen molar-refractivity contribution in [1.82, 2.24) is 0 Å². The van der Waals surface area contributed by atoms with Crippen molar-refractivity contribution in [3.63, 3.8) is 0 Å². The Morgan fingerprint density at radius 2 is 1.91 bits per heavy atom. The lowest BCUT2D eigenvalue weighted by atomic mass is 10.1. The molecule has 0 saturated carbocycles. The molecule has 1 saturated heterocycles. The van der Waals surface area contributed by atoms with Gasteiger partial charge in [0.05, 0.1) is 41.2 Å². The lowest BCUT2D eigenvalue weighted by Crippen LogP contribution is -3.18. The average Bonchev–Trinajstić information content (AvgIpc) is 2.50. The molecule has 5 nitrogen and oxygen atoms in total. The first-order valence-electron chi connectivity index (χ1n) is 7.28. The van der Waals surface area contributed by atoms with Crippen LogP contribution in [0.5, 0.6) is 0 Å². The molecule has 1 amide bonds. The second-order valence-electron chi connectivity index (χ2n) is 5.44. The third-order valence-corrected chi connectivity index (χ3v) is 4.71. The number of piperidine rings is 1. The van der Waals surface area contributed by atoms with Gasteiger partial charge in [-0.25, -0.2) is 0 Å². The van der Waals surface area contributed by atoms with Crippen LogP contribution >= 0.6 is 23.2 Å². The predicted molar refractivity (Wildman–Crippen MR) is 83.1 cm³/mol. The van der Waals surface area contributed by atoms with Crippen LogP contribution in [0.1, 0.15) is 25.7 Å². The molecule has 1 aliphatic rings. The fourth-order valence-corrected chi connectivity index (χ4v) is 3.08. The molecule has 2 N–H and O–H groups in total. The van der Waals surface area contributed by atoms with E-state index in [2.05, 4.69) is 5.32 Å². The highest BCUT2D eigenvalue weighted by molar-refractivity contribution is 6.43. The Kier molecular flexibility index (Phi) is 6.06. The molecular weight excluding hydrogens is 327 g/mol. The number of aliphatic carboxylic acids is 1. The normalized spacial score (nSPS) is 17.0. The number of halogens is 2. The number of hydrogen-bond donors (Lipinski definition) is 2. The number of anilines is 1. The van der Waals surface area contributed by atoms with Gasteiger partial charge in [0.25, 0.3) is 0 Å². The topological polar surface area (TPSA) is 73.7 Å². The van der Waals surface area contributed by atoms with E-state index in [1.54, 1.807) is 18.2 Å². The molecule has 22 heavy (non-hydrogen) atoms. The van der Waals surface area contributed by atoms with Gasteiger partial charge in [0.1, 0.15) is 6.04 Å². The second-order valence-corrected chi connectivity index (χ2v) is 6.23. The molecule has 1 fully saturated rings. The fourth-order valence-electron chi connectivity index (χ4n) is 2.74. The van der Waals surface area contributed by atoms with Gasteiger partial charge in [-0.1, -0.05) is 29.3 Å². The quantitative estimate of drug-likeness (QED) is 0.817. The van der Waals surface area contributed by atoms with Gasteiger partial charge in [-0.05, 0) is 31.4 Å². The Hall–Kier alpha value is -1.30. The molecule has 7 heteroatoms. The minimum absolute atomic E-state index is 0.138. The van der Waals surface area contributed by atoms with Crippen molar-refractivity contribution in [2.24, 2.45) is 0 Å². The van der Waals surface area contributed by atoms with Crippen LogP contribution in [0.2, 0.25) is 10.0 Å². The Balaban J connectivity index is 2.02. The maximum atomic E-state index is 12.1. The number of benzene rings is 1. The SMILES string of the molecule is O=C(C[C@@H](C(=O)[O-])[NH+]1CCCCC1)Nc1cccc(Cl)c1Cl. The standard InChI is InChI=1S/C15H18Cl2N2O3/c16-10-5-4-6-11(14(10)17)18-13(20)9-12(15(21)22)19-7-2-1-3-8-19/h4-6,12H,1-3,7-9H2,(H,18,20)(H,21,22)/t12-/m0/s1. The van der Waals surface area contributed by atoms with Gasteiger partial charge in [0.15, 0.2) is 0 Å². The smallest absolute Gasteiger partial charge is 0.230 e. The number of carboxylic acid groups (broad SMARTS) is 1. The van der Waals surface area contributed by atoms with Gasteiger partial charge in [-0.3, -0.25) is 4.79 Å². The van der Waals surface area contributed by atoms with E-state index in [0.29, 0.717) is 10.7 Å². The van der Waals surface area contributed by atoms with E-state index < -0.39 is 17.9 Å². The summed E-state index contributed by atoms with van der Waals surface area (Å²) in [7, 11) is 0. The number of carbonyl (C=O) groups is 2. The van der Waals surface area contributed by atoms with Crippen LogP contribution in [-0.2, 0) is 9.59 Å². The molecule has 2 rings (SSSR count). The maximum Gasteiger partial charge on any atom is 0.230 e. The number of nitrogens with one attached hydrogen (secondary N) is 2. The van der Waals surface area contributed by atoms with E-state index in [-0.39, 0.29) is 11.4 Å². The Bertz CT molecular complexity index is 560. The van der Waals surface area contributed by atoms with Crippen LogP contribution in [0, 0.1) is 0 Å². The van der Waals surface area contributed by atoms with Crippen LogP contribution in [0.15, 0.2) is 18.2 Å². The molecule has 120 valence electrons. The zero-order valence-corrected chi connectivity index (χ0v) is 13.5. The van der Waals surface area contributed by atoms with Gasteiger partial charge < -0.3 is 20.1 Å². The van der Waals surface area contributed by atoms with Gasteiger partial charge in [-0.2, -0.15) is 0 Å². The second kappa shape index (κ2) is 7.81. The molecule has 0 bridgehead atoms. The first-order chi connectivity index (χ1) is 10.5. The van der Waals surface area contributed by atoms with Gasteiger partial charge >= 0.3 is 0 Å². The van der Waals surface area contributed by atoms with Crippen LogP contribution in [-0.4, -0.2) is 31.0 Å². The van der Waals surface area contributed by atoms with Crippen molar-refractivity contribution in [1.29, 1.82) is 0 Å². The number of carboxylic acids is 1. The third kappa shape index (κ3) is 4.35. The van der Waals surface area contributed by atoms with Crippen LogP contribution in [0.3, 0.4) is 0 Å². The van der Waals surface area contributed by atoms with Crippen molar-refractivity contribution in [3.05, 3.63) is 28.2 Å². The van der Waals surface area contributed by atoms with E-state index in [1.165, 1.54) is 0 Å². The number of hydrogen-bond acceptors (Lipinski definition) is 3. The van der Waals surface area contributed by atoms with E-state index in [1.807, 2.05) is 0 Å². The fraction of sp³-hybridized carbons (Fsp3) is 0.467. The Morgan fingerprint density at radius 1 is 1.23 bits per heavy atom. The zero-order chi connectivity index (χ0) is 16.1. The van der Waals surface area contributed by atoms with Crippen LogP contribution in [0.4, 0.5) is 5.69 Å². The molecule has 0 aliphatic carbocycles. The summed E-state index contributed by atoms with van der Waals surface area (Å²) >= 11 is 11.9. The number of carbonyl (C=O) groups excluding carboxylic acids is 2. The first kappa shape index (κ1) is 17.1. The molecule has 0 unspecified atom stereocenters. The summed E-state index contributed by atoms with van der Waals surface area (Å²) in [6.45, 7) is 1.51. The van der Waals surface area contributed by atoms with Crippen molar-refractivity contribution in [3.8, 4) is 0 Å². The largest absolute Gasteiger partial charge is 0.544 e. The van der Waals surface area contributed by atoms with Crippen LogP contribution < -0.4 is 15.3 Å². The summed E-state index contributed by atoms with van der Waals surface area (Å²) in [5.74, 6) is -1.60. The van der Waals surface area contributed by atoms with Gasteiger partial charge in [-0.15, -0.1) is 0 Å². The molecule has 1 atom stereocenters. The van der Waals surface area contributed by atoms with Crippen LogP contribution in [0.25, 0.3) is 0 Å². The van der Waals surface area contributed by atoms with E-state index in [0.717, 1.165) is 37.3 Å². The number of quaternary nitrogens is 1. The zero-order valence-electron chi connectivity index (χ0n) is 12.0. The van der Waals surface area contributed by atoms with E-state index in [4.69, 9.17) is 23.2 Å².